The van der Waals surface area contributed by atoms with E-state index in [1.807, 2.05) is 0 Å². The van der Waals surface area contributed by atoms with Crippen molar-refractivity contribution in [3.05, 3.63) is 41.0 Å². The van der Waals surface area contributed by atoms with Crippen LogP contribution in [0.1, 0.15) is 34.3 Å². The third-order valence-electron chi connectivity index (χ3n) is 6.28. The van der Waals surface area contributed by atoms with Gasteiger partial charge in [-0.1, -0.05) is 15.9 Å². The van der Waals surface area contributed by atoms with Crippen LogP contribution in [-0.2, 0) is 6.42 Å². The van der Waals surface area contributed by atoms with E-state index in [1.165, 1.54) is 0 Å². The maximum atomic E-state index is 13.6. The number of hydrogen-bond acceptors (Lipinski definition) is 7. The Bertz CT molecular complexity index is 1060. The van der Waals surface area contributed by atoms with Gasteiger partial charge < -0.3 is 28.8 Å². The van der Waals surface area contributed by atoms with Gasteiger partial charge in [0, 0.05) is 28.9 Å². The molecular formula is C23H23BrO7. The highest BCUT2D eigenvalue weighted by atomic mass is 76.9. The second-order valence-electron chi connectivity index (χ2n) is 8.27. The Morgan fingerprint density at radius 2 is 1.90 bits per heavy atom. The number of rotatable bonds is 4. The second-order valence-corrected chi connectivity index (χ2v) is 8.84. The van der Waals surface area contributed by atoms with Crippen molar-refractivity contribution in [3.8, 4) is 28.7 Å². The zero-order valence-electron chi connectivity index (χ0n) is 17.4. The van der Waals surface area contributed by atoms with Crippen LogP contribution in [-0.4, -0.2) is 54.9 Å². The Morgan fingerprint density at radius 1 is 1.16 bits per heavy atom. The molecule has 0 aliphatic carbocycles. The molecule has 1 unspecified atom stereocenters. The molecule has 8 heteroatoms. The van der Waals surface area contributed by atoms with Crippen molar-refractivity contribution < 1.29 is 33.6 Å². The molecule has 0 saturated carbocycles. The molecule has 2 aromatic rings. The Balaban J connectivity index is 1.55. The van der Waals surface area contributed by atoms with Crippen LogP contribution >= 0.6 is 15.9 Å². The van der Waals surface area contributed by atoms with E-state index in [1.54, 1.807) is 45.4 Å². The predicted molar refractivity (Wildman–Crippen MR) is 116 cm³/mol. The maximum absolute atomic E-state index is 13.6. The number of Topliss-reactive ketones (excluding diaryl/α,β-unsaturated/α-hetero) is 1. The van der Waals surface area contributed by atoms with Crippen molar-refractivity contribution in [2.75, 3.05) is 26.2 Å². The average molecular weight is 488 g/mol. The summed E-state index contributed by atoms with van der Waals surface area (Å²) in [7, 11) is 3.12. The molecular weight excluding hydrogens is 465 g/mol. The number of aliphatic hydroxyl groups is 1. The summed E-state index contributed by atoms with van der Waals surface area (Å²) >= 11 is 3.34. The van der Waals surface area contributed by atoms with Gasteiger partial charge in [0.2, 0.25) is 0 Å². The molecule has 0 aromatic heterocycles. The fraction of sp³-hybridized carbons (Fsp3) is 0.435. The Labute approximate surface area is 188 Å². The quantitative estimate of drug-likeness (QED) is 0.662. The third-order valence-corrected chi connectivity index (χ3v) is 7.42. The van der Waals surface area contributed by atoms with E-state index in [4.69, 9.17) is 23.7 Å². The average Bonchev–Trinajstić information content (AvgIpc) is 3.23. The summed E-state index contributed by atoms with van der Waals surface area (Å²) in [4.78, 5) is 13.6. The van der Waals surface area contributed by atoms with Gasteiger partial charge in [-0.3, -0.25) is 4.79 Å². The summed E-state index contributed by atoms with van der Waals surface area (Å²) in [6, 6.07) is 7.07. The van der Waals surface area contributed by atoms with Gasteiger partial charge in [-0.05, 0) is 25.1 Å². The molecule has 0 radical (unpaired) electrons. The molecule has 0 saturated heterocycles. The first-order valence-corrected chi connectivity index (χ1v) is 11.2. The van der Waals surface area contributed by atoms with E-state index in [0.717, 1.165) is 11.1 Å². The number of hydrogen-bond donors (Lipinski definition) is 1. The molecule has 0 fully saturated rings. The van der Waals surface area contributed by atoms with Gasteiger partial charge in [-0.25, -0.2) is 0 Å². The smallest absolute Gasteiger partial charge is 0.178 e. The lowest BCUT2D eigenvalue weighted by molar-refractivity contribution is -0.0181. The molecule has 1 N–H and O–H groups in total. The Morgan fingerprint density at radius 3 is 2.61 bits per heavy atom. The van der Waals surface area contributed by atoms with E-state index < -0.39 is 23.7 Å². The molecule has 0 amide bonds. The number of fused-ring (bicyclic) bond motifs is 6. The van der Waals surface area contributed by atoms with Crippen molar-refractivity contribution in [1.29, 1.82) is 0 Å². The van der Waals surface area contributed by atoms with E-state index in [2.05, 4.69) is 15.9 Å². The van der Waals surface area contributed by atoms with E-state index in [9.17, 15) is 9.90 Å². The summed E-state index contributed by atoms with van der Waals surface area (Å²) in [5, 5.41) is 11.0. The molecule has 0 spiro atoms. The van der Waals surface area contributed by atoms with Gasteiger partial charge >= 0.3 is 0 Å². The zero-order valence-corrected chi connectivity index (χ0v) is 19.0. The summed E-state index contributed by atoms with van der Waals surface area (Å²) in [5.41, 5.74) is 1.01. The largest absolute Gasteiger partial charge is 0.493 e. The van der Waals surface area contributed by atoms with Gasteiger partial charge in [0.05, 0.1) is 25.7 Å². The topological polar surface area (TPSA) is 83.5 Å². The number of benzene rings is 2. The molecule has 3 aliphatic rings. The van der Waals surface area contributed by atoms with Gasteiger partial charge in [0.15, 0.2) is 17.3 Å². The minimum absolute atomic E-state index is 0.0264. The van der Waals surface area contributed by atoms with Crippen LogP contribution in [0.4, 0.5) is 0 Å². The number of methoxy groups -OCH3 is 2. The van der Waals surface area contributed by atoms with E-state index >= 15 is 0 Å². The minimum atomic E-state index is -1.05. The monoisotopic (exact) mass is 488 g/mol. The molecule has 7 nitrogen and oxygen atoms in total. The number of ketones is 1. The Hall–Kier alpha value is -2.45. The third kappa shape index (κ3) is 3.07. The molecule has 2 aromatic carbocycles. The number of carbonyl (C=O) groups excluding carboxylic acids is 1. The molecule has 164 valence electrons. The fourth-order valence-corrected chi connectivity index (χ4v) is 4.86. The van der Waals surface area contributed by atoms with Crippen molar-refractivity contribution in [2.45, 2.75) is 37.1 Å². The number of carbonyl (C=O) groups is 1. The summed E-state index contributed by atoms with van der Waals surface area (Å²) in [6.07, 6.45) is -0.428. The fourth-order valence-electron chi connectivity index (χ4n) is 4.50. The van der Waals surface area contributed by atoms with Gasteiger partial charge in [0.25, 0.3) is 0 Å². The van der Waals surface area contributed by atoms with Crippen LogP contribution in [0, 0.1) is 0 Å². The first kappa shape index (κ1) is 20.5. The first-order valence-electron chi connectivity index (χ1n) is 10.1. The second kappa shape index (κ2) is 7.31. The number of alkyl halides is 1. The highest BCUT2D eigenvalue weighted by Crippen LogP contribution is 2.50. The summed E-state index contributed by atoms with van der Waals surface area (Å²) in [6.45, 7) is 1.96. The van der Waals surface area contributed by atoms with Crippen molar-refractivity contribution in [1.82, 2.24) is 0 Å². The SMILES string of the molecule is COc1cc2c(cc1OC)[C@@H]1C(=O)c3ccc4c(c3O[C@@H]1CO2)CC([C@@](C)(O)C[77Br])O4. The van der Waals surface area contributed by atoms with Crippen molar-refractivity contribution in [3.63, 3.8) is 0 Å². The van der Waals surface area contributed by atoms with Crippen molar-refractivity contribution in [2.24, 2.45) is 0 Å². The van der Waals surface area contributed by atoms with Crippen LogP contribution in [0.2, 0.25) is 0 Å². The maximum Gasteiger partial charge on any atom is 0.178 e. The van der Waals surface area contributed by atoms with Crippen LogP contribution in [0.25, 0.3) is 0 Å². The van der Waals surface area contributed by atoms with Crippen LogP contribution in [0.5, 0.6) is 28.7 Å². The lowest BCUT2D eigenvalue weighted by Gasteiger charge is -2.37. The highest BCUT2D eigenvalue weighted by molar-refractivity contribution is 9.09. The number of halogens is 1. The molecule has 3 aliphatic heterocycles. The molecule has 3 heterocycles. The molecule has 4 atom stereocenters. The van der Waals surface area contributed by atoms with Gasteiger partial charge in [0.1, 0.15) is 41.7 Å². The van der Waals surface area contributed by atoms with Crippen LogP contribution in [0.3, 0.4) is 0 Å². The van der Waals surface area contributed by atoms with Crippen LogP contribution in [0.15, 0.2) is 24.3 Å². The zero-order chi connectivity index (χ0) is 21.9. The first-order chi connectivity index (χ1) is 14.9. The van der Waals surface area contributed by atoms with Crippen molar-refractivity contribution >= 4 is 21.7 Å². The summed E-state index contributed by atoms with van der Waals surface area (Å²) in [5.74, 6) is 2.32. The van der Waals surface area contributed by atoms with Gasteiger partial charge in [-0.2, -0.15) is 0 Å². The Kier molecular flexibility index (Phi) is 4.82. The van der Waals surface area contributed by atoms with E-state index in [-0.39, 0.29) is 12.4 Å². The molecule has 5 rings (SSSR count). The number of ether oxygens (including phenoxy) is 5. The minimum Gasteiger partial charge on any atom is -0.493 e. The standard InChI is InChI=1S/C23H23BrO7/c1-23(26,10-24)19-7-13-14(30-19)5-4-11-21(25)20-12-6-16(27-2)17(28-3)8-15(12)29-9-18(20)31-22(11)13/h4-6,8,18-20,26H,7,9-10H2,1-3H3/t18-,19?,20+,23+/m1/s1/i24-3. The van der Waals surface area contributed by atoms with E-state index in [0.29, 0.717) is 46.1 Å². The molecule has 0 bridgehead atoms. The normalized spacial score (nSPS) is 24.9. The molecule has 31 heavy (non-hydrogen) atoms. The van der Waals surface area contributed by atoms with Crippen LogP contribution < -0.4 is 23.7 Å². The predicted octanol–water partition coefficient (Wildman–Crippen LogP) is 3.27. The lowest BCUT2D eigenvalue weighted by Crippen LogP contribution is -2.44. The summed E-state index contributed by atoms with van der Waals surface area (Å²) < 4.78 is 29.0. The lowest BCUT2D eigenvalue weighted by atomic mass is 9.81. The highest BCUT2D eigenvalue weighted by Gasteiger charge is 2.47. The van der Waals surface area contributed by atoms with Gasteiger partial charge in [-0.15, -0.1) is 0 Å².